The second-order valence-electron chi connectivity index (χ2n) is 2.66. The number of aliphatic hydroxyl groups is 1. The van der Waals surface area contributed by atoms with E-state index in [9.17, 15) is 0 Å². The van der Waals surface area contributed by atoms with Crippen LogP contribution in [-0.4, -0.2) is 25.0 Å². The van der Waals surface area contributed by atoms with Gasteiger partial charge in [0.05, 0.1) is 0 Å². The van der Waals surface area contributed by atoms with Gasteiger partial charge in [0, 0.05) is 18.8 Å². The number of rotatable bonds is 4. The predicted molar refractivity (Wildman–Crippen MR) is 51.7 cm³/mol. The standard InChI is InChI=1S/C9H14N2O2/c1-11-7-3-2-4-8(5-7)13-6-9(10)12/h2-5,9,11-12H,6,10H2,1H3. The number of hydrogen-bond acceptors (Lipinski definition) is 4. The van der Waals surface area contributed by atoms with E-state index in [4.69, 9.17) is 15.6 Å². The molecule has 0 saturated carbocycles. The quantitative estimate of drug-likeness (QED) is 0.589. The summed E-state index contributed by atoms with van der Waals surface area (Å²) in [5, 5.41) is 11.8. The van der Waals surface area contributed by atoms with Crippen LogP contribution in [0.5, 0.6) is 5.75 Å². The van der Waals surface area contributed by atoms with Crippen LogP contribution in [0.25, 0.3) is 0 Å². The van der Waals surface area contributed by atoms with Crippen LogP contribution in [0.2, 0.25) is 0 Å². The van der Waals surface area contributed by atoms with Crippen molar-refractivity contribution in [3.8, 4) is 5.75 Å². The molecular formula is C9H14N2O2. The molecule has 0 radical (unpaired) electrons. The molecule has 0 aromatic heterocycles. The third kappa shape index (κ3) is 3.31. The molecule has 0 aliphatic carbocycles. The lowest BCUT2D eigenvalue weighted by Crippen LogP contribution is -2.26. The lowest BCUT2D eigenvalue weighted by Gasteiger charge is -2.08. The molecule has 13 heavy (non-hydrogen) atoms. The van der Waals surface area contributed by atoms with Crippen LogP contribution in [0, 0.1) is 0 Å². The zero-order valence-electron chi connectivity index (χ0n) is 7.53. The van der Waals surface area contributed by atoms with Gasteiger partial charge < -0.3 is 20.9 Å². The Morgan fingerprint density at radius 2 is 2.38 bits per heavy atom. The summed E-state index contributed by atoms with van der Waals surface area (Å²) in [6.07, 6.45) is -0.932. The van der Waals surface area contributed by atoms with Gasteiger partial charge in [0.1, 0.15) is 18.6 Å². The predicted octanol–water partition coefficient (Wildman–Crippen LogP) is 0.384. The van der Waals surface area contributed by atoms with Gasteiger partial charge in [-0.1, -0.05) is 6.07 Å². The summed E-state index contributed by atoms with van der Waals surface area (Å²) in [6.45, 7) is 0.104. The van der Waals surface area contributed by atoms with Crippen molar-refractivity contribution in [2.24, 2.45) is 5.73 Å². The van der Waals surface area contributed by atoms with Crippen molar-refractivity contribution >= 4 is 5.69 Å². The fourth-order valence-corrected chi connectivity index (χ4v) is 0.923. The van der Waals surface area contributed by atoms with Crippen LogP contribution in [0.15, 0.2) is 24.3 Å². The Morgan fingerprint density at radius 3 is 3.00 bits per heavy atom. The summed E-state index contributed by atoms with van der Waals surface area (Å²) in [6, 6.07) is 7.43. The Balaban J connectivity index is 2.56. The fraction of sp³-hybridized carbons (Fsp3) is 0.333. The Labute approximate surface area is 77.3 Å². The maximum Gasteiger partial charge on any atom is 0.136 e. The highest BCUT2D eigenvalue weighted by Crippen LogP contribution is 2.16. The molecule has 0 amide bonds. The van der Waals surface area contributed by atoms with Crippen LogP contribution in [0.3, 0.4) is 0 Å². The van der Waals surface area contributed by atoms with Crippen LogP contribution < -0.4 is 15.8 Å². The number of nitrogens with one attached hydrogen (secondary N) is 1. The van der Waals surface area contributed by atoms with Gasteiger partial charge in [-0.3, -0.25) is 0 Å². The molecule has 1 aromatic rings. The van der Waals surface area contributed by atoms with Crippen molar-refractivity contribution in [1.82, 2.24) is 0 Å². The largest absolute Gasteiger partial charge is 0.489 e. The van der Waals surface area contributed by atoms with Gasteiger partial charge in [-0.25, -0.2) is 0 Å². The molecule has 1 aromatic carbocycles. The zero-order valence-corrected chi connectivity index (χ0v) is 7.53. The van der Waals surface area contributed by atoms with Gasteiger partial charge >= 0.3 is 0 Å². The topological polar surface area (TPSA) is 67.5 Å². The van der Waals surface area contributed by atoms with Gasteiger partial charge in [-0.2, -0.15) is 0 Å². The van der Waals surface area contributed by atoms with Crippen LogP contribution >= 0.6 is 0 Å². The number of benzene rings is 1. The van der Waals surface area contributed by atoms with Crippen LogP contribution in [-0.2, 0) is 0 Å². The molecule has 0 aliphatic heterocycles. The van der Waals surface area contributed by atoms with Crippen LogP contribution in [0.1, 0.15) is 0 Å². The molecule has 4 heteroatoms. The maximum absolute atomic E-state index is 8.78. The second kappa shape index (κ2) is 4.69. The Morgan fingerprint density at radius 1 is 1.62 bits per heavy atom. The Kier molecular flexibility index (Phi) is 3.54. The lowest BCUT2D eigenvalue weighted by molar-refractivity contribution is 0.113. The van der Waals surface area contributed by atoms with Gasteiger partial charge in [0.15, 0.2) is 0 Å². The first-order valence-corrected chi connectivity index (χ1v) is 4.06. The first-order chi connectivity index (χ1) is 6.22. The van der Waals surface area contributed by atoms with E-state index < -0.39 is 6.23 Å². The number of nitrogens with two attached hydrogens (primary N) is 1. The summed E-state index contributed by atoms with van der Waals surface area (Å²) in [4.78, 5) is 0. The summed E-state index contributed by atoms with van der Waals surface area (Å²) in [5.74, 6) is 0.691. The average molecular weight is 182 g/mol. The monoisotopic (exact) mass is 182 g/mol. The average Bonchev–Trinajstić information content (AvgIpc) is 2.15. The third-order valence-corrected chi connectivity index (χ3v) is 1.54. The molecule has 0 heterocycles. The SMILES string of the molecule is CNc1cccc(OCC(N)O)c1. The van der Waals surface area contributed by atoms with Gasteiger partial charge in [0.2, 0.25) is 0 Å². The van der Waals surface area contributed by atoms with E-state index in [1.165, 1.54) is 0 Å². The molecule has 0 aliphatic rings. The van der Waals surface area contributed by atoms with E-state index >= 15 is 0 Å². The lowest BCUT2D eigenvalue weighted by atomic mass is 10.3. The maximum atomic E-state index is 8.78. The molecule has 1 atom stereocenters. The van der Waals surface area contributed by atoms with Gasteiger partial charge in [-0.05, 0) is 12.1 Å². The second-order valence-corrected chi connectivity index (χ2v) is 2.66. The summed E-state index contributed by atoms with van der Waals surface area (Å²) in [5.41, 5.74) is 6.09. The highest BCUT2D eigenvalue weighted by Gasteiger charge is 1.98. The Hall–Kier alpha value is -1.26. The third-order valence-electron chi connectivity index (χ3n) is 1.54. The van der Waals surface area contributed by atoms with Gasteiger partial charge in [-0.15, -0.1) is 0 Å². The van der Waals surface area contributed by atoms with Crippen molar-refractivity contribution in [3.63, 3.8) is 0 Å². The number of anilines is 1. The highest BCUT2D eigenvalue weighted by atomic mass is 16.5. The summed E-state index contributed by atoms with van der Waals surface area (Å²) >= 11 is 0. The van der Waals surface area contributed by atoms with E-state index in [1.807, 2.05) is 31.3 Å². The smallest absolute Gasteiger partial charge is 0.136 e. The number of hydrogen-bond donors (Lipinski definition) is 3. The number of ether oxygens (including phenoxy) is 1. The fourth-order valence-electron chi connectivity index (χ4n) is 0.923. The molecule has 1 unspecified atom stereocenters. The molecule has 0 bridgehead atoms. The van der Waals surface area contributed by atoms with E-state index in [2.05, 4.69) is 5.32 Å². The molecular weight excluding hydrogens is 168 g/mol. The summed E-state index contributed by atoms with van der Waals surface area (Å²) in [7, 11) is 1.83. The molecule has 0 spiro atoms. The molecule has 0 fully saturated rings. The van der Waals surface area contributed by atoms with Crippen molar-refractivity contribution in [3.05, 3.63) is 24.3 Å². The highest BCUT2D eigenvalue weighted by molar-refractivity contribution is 5.47. The van der Waals surface area contributed by atoms with Crippen molar-refractivity contribution in [1.29, 1.82) is 0 Å². The van der Waals surface area contributed by atoms with E-state index in [1.54, 1.807) is 0 Å². The molecule has 4 nitrogen and oxygen atoms in total. The van der Waals surface area contributed by atoms with E-state index in [-0.39, 0.29) is 6.61 Å². The van der Waals surface area contributed by atoms with E-state index in [0.717, 1.165) is 5.69 Å². The molecule has 4 N–H and O–H groups in total. The van der Waals surface area contributed by atoms with Crippen molar-refractivity contribution in [2.75, 3.05) is 19.0 Å². The minimum absolute atomic E-state index is 0.104. The van der Waals surface area contributed by atoms with Gasteiger partial charge in [0.25, 0.3) is 0 Å². The van der Waals surface area contributed by atoms with Crippen molar-refractivity contribution < 1.29 is 9.84 Å². The first-order valence-electron chi connectivity index (χ1n) is 4.06. The van der Waals surface area contributed by atoms with Crippen molar-refractivity contribution in [2.45, 2.75) is 6.23 Å². The Bertz CT molecular complexity index is 264. The normalized spacial score (nSPS) is 12.2. The molecule has 0 saturated heterocycles. The van der Waals surface area contributed by atoms with Crippen LogP contribution in [0.4, 0.5) is 5.69 Å². The molecule has 1 rings (SSSR count). The zero-order chi connectivity index (χ0) is 9.68. The minimum Gasteiger partial charge on any atom is -0.489 e. The number of aliphatic hydroxyl groups excluding tert-OH is 1. The summed E-state index contributed by atoms with van der Waals surface area (Å²) < 4.78 is 5.19. The van der Waals surface area contributed by atoms with E-state index in [0.29, 0.717) is 5.75 Å². The minimum atomic E-state index is -0.932. The molecule has 72 valence electrons. The first kappa shape index (κ1) is 9.83.